The zero-order chi connectivity index (χ0) is 7.40. The summed E-state index contributed by atoms with van der Waals surface area (Å²) in [5, 5.41) is 0. The number of likely N-dealkylation sites (tertiary alicyclic amines) is 1. The van der Waals surface area contributed by atoms with E-state index < -0.39 is 0 Å². The van der Waals surface area contributed by atoms with E-state index in [4.69, 9.17) is 0 Å². The number of hydrogen-bond donors (Lipinski definition) is 0. The molecule has 2 heteroatoms. The highest BCUT2D eigenvalue weighted by molar-refractivity contribution is 5.85. The van der Waals surface area contributed by atoms with Crippen molar-refractivity contribution >= 4 is 12.4 Å². The van der Waals surface area contributed by atoms with Crippen molar-refractivity contribution in [3.05, 3.63) is 0 Å². The Hall–Kier alpha value is 0.250. The fraction of sp³-hybridized carbons (Fsp3) is 1.00. The van der Waals surface area contributed by atoms with E-state index in [-0.39, 0.29) is 12.4 Å². The van der Waals surface area contributed by atoms with Gasteiger partial charge < -0.3 is 4.90 Å². The quantitative estimate of drug-likeness (QED) is 0.641. The van der Waals surface area contributed by atoms with E-state index in [9.17, 15) is 0 Å². The normalized spacial score (nSPS) is 25.1. The van der Waals surface area contributed by atoms with Gasteiger partial charge in [0.05, 0.1) is 0 Å². The molecular formula is C9H20ClN. The summed E-state index contributed by atoms with van der Waals surface area (Å²) in [4.78, 5) is 2.61. The fourth-order valence-corrected chi connectivity index (χ4v) is 1.69. The van der Waals surface area contributed by atoms with Crippen LogP contribution in [0, 0.1) is 0 Å². The average molecular weight is 178 g/mol. The summed E-state index contributed by atoms with van der Waals surface area (Å²) in [5.41, 5.74) is 0. The van der Waals surface area contributed by atoms with Crippen LogP contribution in [0.4, 0.5) is 0 Å². The Balaban J connectivity index is 0.000001000. The number of hydrogen-bond acceptors (Lipinski definition) is 1. The van der Waals surface area contributed by atoms with E-state index in [1.165, 1.54) is 38.8 Å². The first-order valence-electron chi connectivity index (χ1n) is 4.58. The lowest BCUT2D eigenvalue weighted by Crippen LogP contribution is -2.27. The van der Waals surface area contributed by atoms with Crippen molar-refractivity contribution in [3.63, 3.8) is 0 Å². The second kappa shape index (κ2) is 5.84. The van der Waals surface area contributed by atoms with Crippen LogP contribution in [0.3, 0.4) is 0 Å². The SMILES string of the molecule is CCCCN1CCCC1C.Cl. The van der Waals surface area contributed by atoms with Crippen LogP contribution in [0.25, 0.3) is 0 Å². The Morgan fingerprint density at radius 3 is 2.64 bits per heavy atom. The third kappa shape index (κ3) is 3.44. The molecule has 0 bridgehead atoms. The summed E-state index contributed by atoms with van der Waals surface area (Å²) in [5.74, 6) is 0. The van der Waals surface area contributed by atoms with Gasteiger partial charge in [-0.2, -0.15) is 0 Å². The van der Waals surface area contributed by atoms with E-state index in [1.807, 2.05) is 0 Å². The molecule has 1 rings (SSSR count). The lowest BCUT2D eigenvalue weighted by Gasteiger charge is -2.19. The van der Waals surface area contributed by atoms with Gasteiger partial charge in [0.1, 0.15) is 0 Å². The van der Waals surface area contributed by atoms with E-state index in [0.717, 1.165) is 6.04 Å². The van der Waals surface area contributed by atoms with Gasteiger partial charge in [-0.1, -0.05) is 13.3 Å². The standard InChI is InChI=1S/C9H19N.ClH/c1-3-4-7-10-8-5-6-9(10)2;/h9H,3-8H2,1-2H3;1H. The molecule has 0 amide bonds. The van der Waals surface area contributed by atoms with Crippen LogP contribution in [-0.4, -0.2) is 24.0 Å². The Morgan fingerprint density at radius 2 is 2.18 bits per heavy atom. The molecule has 1 saturated heterocycles. The van der Waals surface area contributed by atoms with Gasteiger partial charge in [0.15, 0.2) is 0 Å². The van der Waals surface area contributed by atoms with Gasteiger partial charge in [0.25, 0.3) is 0 Å². The lowest BCUT2D eigenvalue weighted by atomic mass is 10.2. The molecule has 1 aliphatic rings. The van der Waals surface area contributed by atoms with Crippen LogP contribution >= 0.6 is 12.4 Å². The summed E-state index contributed by atoms with van der Waals surface area (Å²) < 4.78 is 0. The van der Waals surface area contributed by atoms with E-state index >= 15 is 0 Å². The van der Waals surface area contributed by atoms with E-state index in [0.29, 0.717) is 0 Å². The van der Waals surface area contributed by atoms with Crippen LogP contribution in [0.5, 0.6) is 0 Å². The van der Waals surface area contributed by atoms with Crippen LogP contribution in [0.15, 0.2) is 0 Å². The Morgan fingerprint density at radius 1 is 1.45 bits per heavy atom. The molecule has 0 saturated carbocycles. The smallest absolute Gasteiger partial charge is 0.00674 e. The van der Waals surface area contributed by atoms with Crippen molar-refractivity contribution in [2.24, 2.45) is 0 Å². The van der Waals surface area contributed by atoms with Gasteiger partial charge in [-0.15, -0.1) is 12.4 Å². The maximum Gasteiger partial charge on any atom is 0.00674 e. The first-order chi connectivity index (χ1) is 4.84. The van der Waals surface area contributed by atoms with Gasteiger partial charge in [0, 0.05) is 6.04 Å². The summed E-state index contributed by atoms with van der Waals surface area (Å²) in [7, 11) is 0. The Kier molecular flexibility index (Phi) is 5.98. The molecular weight excluding hydrogens is 158 g/mol. The number of rotatable bonds is 3. The minimum atomic E-state index is 0. The van der Waals surface area contributed by atoms with Crippen LogP contribution in [0.1, 0.15) is 39.5 Å². The lowest BCUT2D eigenvalue weighted by molar-refractivity contribution is 0.265. The molecule has 0 spiro atoms. The highest BCUT2D eigenvalue weighted by Gasteiger charge is 2.18. The molecule has 1 heterocycles. The van der Waals surface area contributed by atoms with Gasteiger partial charge in [-0.25, -0.2) is 0 Å². The average Bonchev–Trinajstić information content (AvgIpc) is 2.31. The zero-order valence-electron chi connectivity index (χ0n) is 7.68. The molecule has 0 aromatic rings. The molecule has 0 aromatic carbocycles. The van der Waals surface area contributed by atoms with Crippen LogP contribution < -0.4 is 0 Å². The van der Waals surface area contributed by atoms with Crippen molar-refractivity contribution in [2.75, 3.05) is 13.1 Å². The largest absolute Gasteiger partial charge is 0.301 e. The predicted octanol–water partition coefficient (Wildman–Crippen LogP) is 2.69. The third-order valence-corrected chi connectivity index (χ3v) is 2.49. The summed E-state index contributed by atoms with van der Waals surface area (Å²) in [6, 6.07) is 0.867. The monoisotopic (exact) mass is 177 g/mol. The summed E-state index contributed by atoms with van der Waals surface area (Å²) in [6.45, 7) is 7.29. The van der Waals surface area contributed by atoms with Crippen LogP contribution in [0.2, 0.25) is 0 Å². The molecule has 1 nitrogen and oxygen atoms in total. The summed E-state index contributed by atoms with van der Waals surface area (Å²) >= 11 is 0. The molecule has 0 N–H and O–H groups in total. The number of halogens is 1. The molecule has 0 aromatic heterocycles. The zero-order valence-corrected chi connectivity index (χ0v) is 8.49. The van der Waals surface area contributed by atoms with Crippen molar-refractivity contribution in [2.45, 2.75) is 45.6 Å². The number of nitrogens with zero attached hydrogens (tertiary/aromatic N) is 1. The highest BCUT2D eigenvalue weighted by atomic mass is 35.5. The molecule has 1 unspecified atom stereocenters. The minimum absolute atomic E-state index is 0. The maximum absolute atomic E-state index is 2.61. The molecule has 0 radical (unpaired) electrons. The second-order valence-electron chi connectivity index (χ2n) is 3.38. The van der Waals surface area contributed by atoms with Crippen molar-refractivity contribution in [3.8, 4) is 0 Å². The van der Waals surface area contributed by atoms with Gasteiger partial charge in [-0.3, -0.25) is 0 Å². The predicted molar refractivity (Wildman–Crippen MR) is 52.4 cm³/mol. The molecule has 1 fully saturated rings. The minimum Gasteiger partial charge on any atom is -0.301 e. The molecule has 68 valence electrons. The maximum atomic E-state index is 2.61. The third-order valence-electron chi connectivity index (χ3n) is 2.49. The molecule has 1 atom stereocenters. The molecule has 1 aliphatic heterocycles. The van der Waals surface area contributed by atoms with Crippen LogP contribution in [-0.2, 0) is 0 Å². The molecule has 11 heavy (non-hydrogen) atoms. The highest BCUT2D eigenvalue weighted by Crippen LogP contribution is 2.16. The van der Waals surface area contributed by atoms with Crippen molar-refractivity contribution in [1.82, 2.24) is 4.90 Å². The van der Waals surface area contributed by atoms with E-state index in [2.05, 4.69) is 18.7 Å². The van der Waals surface area contributed by atoms with Gasteiger partial charge >= 0.3 is 0 Å². The first-order valence-corrected chi connectivity index (χ1v) is 4.58. The van der Waals surface area contributed by atoms with Gasteiger partial charge in [0.2, 0.25) is 0 Å². The number of unbranched alkanes of at least 4 members (excludes halogenated alkanes) is 1. The van der Waals surface area contributed by atoms with Crippen molar-refractivity contribution in [1.29, 1.82) is 0 Å². The fourth-order valence-electron chi connectivity index (χ4n) is 1.69. The first kappa shape index (κ1) is 11.2. The second-order valence-corrected chi connectivity index (χ2v) is 3.38. The molecule has 0 aliphatic carbocycles. The Bertz CT molecular complexity index is 95.6. The van der Waals surface area contributed by atoms with Crippen molar-refractivity contribution < 1.29 is 0 Å². The topological polar surface area (TPSA) is 3.24 Å². The Labute approximate surface area is 76.6 Å². The van der Waals surface area contributed by atoms with E-state index in [1.54, 1.807) is 0 Å². The summed E-state index contributed by atoms with van der Waals surface area (Å²) in [6.07, 6.45) is 5.56. The van der Waals surface area contributed by atoms with Gasteiger partial charge in [-0.05, 0) is 39.3 Å².